The fourth-order valence-corrected chi connectivity index (χ4v) is 2.95. The molecular weight excluding hydrogens is 342 g/mol. The molecule has 0 spiro atoms. The van der Waals surface area contributed by atoms with Gasteiger partial charge in [0.2, 0.25) is 5.96 Å². The van der Waals surface area contributed by atoms with Gasteiger partial charge in [-0.1, -0.05) is 38.2 Å². The van der Waals surface area contributed by atoms with Crippen molar-refractivity contribution < 1.29 is 29.1 Å². The Balaban J connectivity index is 3.02. The Hall–Kier alpha value is -2.32. The van der Waals surface area contributed by atoms with Gasteiger partial charge in [-0.25, -0.2) is 14.4 Å². The van der Waals surface area contributed by atoms with Gasteiger partial charge in [0.05, 0.1) is 12.5 Å². The predicted octanol–water partition coefficient (Wildman–Crippen LogP) is 2.46. The predicted molar refractivity (Wildman–Crippen MR) is 93.3 cm³/mol. The van der Waals surface area contributed by atoms with Crippen molar-refractivity contribution >= 4 is 24.0 Å². The average molecular weight is 371 g/mol. The smallest absolute Gasteiger partial charge is 0.451 e. The van der Waals surface area contributed by atoms with Crippen LogP contribution in [0.25, 0.3) is 0 Å². The van der Waals surface area contributed by atoms with Gasteiger partial charge in [-0.2, -0.15) is 0 Å². The van der Waals surface area contributed by atoms with E-state index in [1.807, 2.05) is 0 Å². The Labute approximate surface area is 153 Å². The van der Waals surface area contributed by atoms with E-state index in [9.17, 15) is 19.5 Å². The monoisotopic (exact) mass is 371 g/mol. The standard InChI is InChI=1S/C17H29N3O6/c1-5-25-17(24)20(26-15(23)11(2)3)16(18)19(4)13(14(21)22)12-9-7-6-8-10-12/h11-13,18H,5-10H2,1-4H3,(H,21,22). The molecule has 9 heteroatoms. The number of carbonyl (C=O) groups excluding carboxylic acids is 2. The molecule has 2 N–H and O–H groups in total. The summed E-state index contributed by atoms with van der Waals surface area (Å²) in [5.41, 5.74) is 0. The summed E-state index contributed by atoms with van der Waals surface area (Å²) in [6.07, 6.45) is 3.36. The molecule has 1 aliphatic rings. The van der Waals surface area contributed by atoms with Gasteiger partial charge >= 0.3 is 18.0 Å². The molecule has 0 saturated heterocycles. The number of carboxylic acids is 1. The Morgan fingerprint density at radius 3 is 2.23 bits per heavy atom. The molecule has 1 saturated carbocycles. The molecule has 0 aromatic rings. The number of hydrogen-bond donors (Lipinski definition) is 2. The maximum atomic E-state index is 12.1. The number of rotatable bonds is 5. The van der Waals surface area contributed by atoms with Crippen molar-refractivity contribution in [2.24, 2.45) is 11.8 Å². The number of guanidine groups is 1. The highest BCUT2D eigenvalue weighted by molar-refractivity contribution is 5.94. The van der Waals surface area contributed by atoms with Crippen LogP contribution >= 0.6 is 0 Å². The van der Waals surface area contributed by atoms with E-state index in [4.69, 9.17) is 15.0 Å². The molecule has 1 amide bonds. The highest BCUT2D eigenvalue weighted by atomic mass is 16.8. The SMILES string of the molecule is CCOC(=O)N(OC(=O)C(C)C)C(=N)N(C)C(C(=O)O)C1CCCCC1. The third-order valence-electron chi connectivity index (χ3n) is 4.38. The number of nitrogens with one attached hydrogen (secondary N) is 1. The molecule has 0 radical (unpaired) electrons. The maximum absolute atomic E-state index is 12.1. The van der Waals surface area contributed by atoms with Crippen molar-refractivity contribution in [3.63, 3.8) is 0 Å². The van der Waals surface area contributed by atoms with Gasteiger partial charge in [0.15, 0.2) is 0 Å². The van der Waals surface area contributed by atoms with Crippen molar-refractivity contribution in [1.82, 2.24) is 9.96 Å². The highest BCUT2D eigenvalue weighted by Gasteiger charge is 2.38. The van der Waals surface area contributed by atoms with E-state index < -0.39 is 36.0 Å². The lowest BCUT2D eigenvalue weighted by molar-refractivity contribution is -0.173. The fraction of sp³-hybridized carbons (Fsp3) is 0.765. The Morgan fingerprint density at radius 2 is 1.77 bits per heavy atom. The first-order chi connectivity index (χ1) is 12.2. The summed E-state index contributed by atoms with van der Waals surface area (Å²) < 4.78 is 4.84. The van der Waals surface area contributed by atoms with E-state index in [0.29, 0.717) is 5.06 Å². The van der Waals surface area contributed by atoms with Crippen molar-refractivity contribution in [2.45, 2.75) is 58.9 Å². The number of carboxylic acid groups (broad SMARTS) is 1. The minimum absolute atomic E-state index is 0.0243. The lowest BCUT2D eigenvalue weighted by atomic mass is 9.83. The van der Waals surface area contributed by atoms with Gasteiger partial charge in [-0.15, -0.1) is 0 Å². The van der Waals surface area contributed by atoms with Crippen molar-refractivity contribution in [3.8, 4) is 0 Å². The van der Waals surface area contributed by atoms with Crippen LogP contribution in [-0.2, 0) is 19.2 Å². The summed E-state index contributed by atoms with van der Waals surface area (Å²) in [4.78, 5) is 42.0. The summed E-state index contributed by atoms with van der Waals surface area (Å²) in [7, 11) is 1.41. The van der Waals surface area contributed by atoms with Crippen molar-refractivity contribution in [1.29, 1.82) is 5.41 Å². The second-order valence-corrected chi connectivity index (χ2v) is 6.67. The first kappa shape index (κ1) is 21.7. The van der Waals surface area contributed by atoms with Gasteiger partial charge in [0.1, 0.15) is 6.04 Å². The Bertz CT molecular complexity index is 531. The topological polar surface area (TPSA) is 120 Å². The van der Waals surface area contributed by atoms with Crippen LogP contribution in [0.5, 0.6) is 0 Å². The van der Waals surface area contributed by atoms with Gasteiger partial charge in [-0.05, 0) is 25.7 Å². The van der Waals surface area contributed by atoms with E-state index in [-0.39, 0.29) is 12.5 Å². The molecule has 0 aromatic carbocycles. The normalized spacial score (nSPS) is 15.9. The number of amides is 1. The van der Waals surface area contributed by atoms with Crippen LogP contribution in [-0.4, -0.2) is 58.8 Å². The fourth-order valence-electron chi connectivity index (χ4n) is 2.95. The number of nitrogens with zero attached hydrogens (tertiary/aromatic N) is 2. The number of aliphatic carboxylic acids is 1. The minimum Gasteiger partial charge on any atom is -0.480 e. The average Bonchev–Trinajstić information content (AvgIpc) is 2.59. The summed E-state index contributed by atoms with van der Waals surface area (Å²) in [5, 5.41) is 18.3. The van der Waals surface area contributed by atoms with E-state index in [1.54, 1.807) is 20.8 Å². The van der Waals surface area contributed by atoms with Gasteiger partial charge in [-0.3, -0.25) is 5.41 Å². The first-order valence-corrected chi connectivity index (χ1v) is 8.93. The molecule has 0 heterocycles. The molecule has 1 atom stereocenters. The molecule has 1 rings (SSSR count). The van der Waals surface area contributed by atoms with Gasteiger partial charge in [0.25, 0.3) is 0 Å². The van der Waals surface area contributed by atoms with E-state index in [1.165, 1.54) is 7.05 Å². The van der Waals surface area contributed by atoms with Crippen LogP contribution in [0, 0.1) is 17.2 Å². The Morgan fingerprint density at radius 1 is 1.19 bits per heavy atom. The van der Waals surface area contributed by atoms with Crippen LogP contribution in [0.2, 0.25) is 0 Å². The third kappa shape index (κ3) is 5.60. The van der Waals surface area contributed by atoms with Crippen LogP contribution < -0.4 is 0 Å². The largest absolute Gasteiger partial charge is 0.480 e. The van der Waals surface area contributed by atoms with Crippen molar-refractivity contribution in [2.75, 3.05) is 13.7 Å². The second kappa shape index (κ2) is 9.98. The molecule has 1 fully saturated rings. The Kier molecular flexibility index (Phi) is 8.34. The van der Waals surface area contributed by atoms with Crippen molar-refractivity contribution in [3.05, 3.63) is 0 Å². The zero-order valence-electron chi connectivity index (χ0n) is 15.9. The lowest BCUT2D eigenvalue weighted by Crippen LogP contribution is -2.54. The van der Waals surface area contributed by atoms with Crippen LogP contribution in [0.1, 0.15) is 52.9 Å². The molecule has 148 valence electrons. The van der Waals surface area contributed by atoms with Crippen LogP contribution in [0.4, 0.5) is 4.79 Å². The van der Waals surface area contributed by atoms with Gasteiger partial charge < -0.3 is 19.6 Å². The number of hydrogen-bond acceptors (Lipinski definition) is 6. The second-order valence-electron chi connectivity index (χ2n) is 6.67. The molecule has 0 aliphatic heterocycles. The van der Waals surface area contributed by atoms with Gasteiger partial charge in [0, 0.05) is 7.05 Å². The maximum Gasteiger partial charge on any atom is 0.451 e. The quantitative estimate of drug-likeness (QED) is 0.432. The molecule has 0 bridgehead atoms. The molecular formula is C17H29N3O6. The first-order valence-electron chi connectivity index (χ1n) is 8.93. The van der Waals surface area contributed by atoms with E-state index in [0.717, 1.165) is 37.0 Å². The number of ether oxygens (including phenoxy) is 1. The minimum atomic E-state index is -1.08. The third-order valence-corrected chi connectivity index (χ3v) is 4.38. The number of carbonyl (C=O) groups is 3. The summed E-state index contributed by atoms with van der Waals surface area (Å²) >= 11 is 0. The molecule has 0 aromatic heterocycles. The highest BCUT2D eigenvalue weighted by Crippen LogP contribution is 2.29. The van der Waals surface area contributed by atoms with Crippen LogP contribution in [0.3, 0.4) is 0 Å². The molecule has 9 nitrogen and oxygen atoms in total. The van der Waals surface area contributed by atoms with Crippen LogP contribution in [0.15, 0.2) is 0 Å². The zero-order chi connectivity index (χ0) is 19.9. The molecule has 1 unspecified atom stereocenters. The summed E-state index contributed by atoms with van der Waals surface area (Å²) in [6, 6.07) is -0.988. The number of likely N-dealkylation sites (N-methyl/N-ethyl adjacent to an activating group) is 1. The molecule has 1 aliphatic carbocycles. The van der Waals surface area contributed by atoms with E-state index in [2.05, 4.69) is 0 Å². The molecule has 26 heavy (non-hydrogen) atoms. The lowest BCUT2D eigenvalue weighted by Gasteiger charge is -2.36. The summed E-state index contributed by atoms with van der Waals surface area (Å²) in [6.45, 7) is 4.77. The number of hydroxylamine groups is 2. The van der Waals surface area contributed by atoms with E-state index >= 15 is 0 Å². The zero-order valence-corrected chi connectivity index (χ0v) is 15.9. The summed E-state index contributed by atoms with van der Waals surface area (Å²) in [5.74, 6) is -3.02.